The van der Waals surface area contributed by atoms with Crippen molar-refractivity contribution in [1.29, 1.82) is 0 Å². The summed E-state index contributed by atoms with van der Waals surface area (Å²) in [4.78, 5) is 13.4. The van der Waals surface area contributed by atoms with Crippen LogP contribution in [0.1, 0.15) is 19.4 Å². The van der Waals surface area contributed by atoms with Crippen LogP contribution in [-0.2, 0) is 11.2 Å². The van der Waals surface area contributed by atoms with Crippen molar-refractivity contribution in [3.05, 3.63) is 23.8 Å². The zero-order valence-electron chi connectivity index (χ0n) is 11.9. The second kappa shape index (κ2) is 4.83. The van der Waals surface area contributed by atoms with Gasteiger partial charge in [-0.2, -0.15) is 0 Å². The van der Waals surface area contributed by atoms with Crippen LogP contribution in [0.5, 0.6) is 11.5 Å². The Morgan fingerprint density at radius 2 is 1.95 bits per heavy atom. The number of fused-ring (bicyclic) bond motifs is 1. The third-order valence-corrected chi connectivity index (χ3v) is 3.14. The van der Waals surface area contributed by atoms with Gasteiger partial charge < -0.3 is 9.47 Å². The lowest BCUT2D eigenvalue weighted by Gasteiger charge is -2.19. The van der Waals surface area contributed by atoms with Gasteiger partial charge >= 0.3 is 5.91 Å². The molecule has 1 atom stereocenters. The molecule has 0 aliphatic carbocycles. The normalized spacial score (nSPS) is 17.6. The van der Waals surface area contributed by atoms with E-state index in [1.54, 1.807) is 0 Å². The molecule has 5 heteroatoms. The van der Waals surface area contributed by atoms with Crippen LogP contribution in [-0.4, -0.2) is 36.7 Å². The first-order valence-electron chi connectivity index (χ1n) is 6.32. The Bertz CT molecular complexity index is 497. The van der Waals surface area contributed by atoms with E-state index in [4.69, 9.17) is 9.47 Å². The Morgan fingerprint density at radius 1 is 1.32 bits per heavy atom. The number of hydrogen-bond donors (Lipinski definition) is 1. The zero-order chi connectivity index (χ0) is 14.2. The Morgan fingerprint density at radius 3 is 2.53 bits per heavy atom. The SMILES string of the molecule is CN(C)C(Cc1ccc2c(c1)OC(C)(C)O2)C([NH3+])=O. The van der Waals surface area contributed by atoms with E-state index in [0.717, 1.165) is 17.1 Å². The average Bonchev–Trinajstić information content (AvgIpc) is 2.57. The second-order valence-electron chi connectivity index (χ2n) is 5.53. The predicted octanol–water partition coefficient (Wildman–Crippen LogP) is 0.435. The molecule has 1 aromatic carbocycles. The summed E-state index contributed by atoms with van der Waals surface area (Å²) >= 11 is 0. The van der Waals surface area contributed by atoms with E-state index in [1.807, 2.05) is 51.0 Å². The molecule has 0 bridgehead atoms. The summed E-state index contributed by atoms with van der Waals surface area (Å²) in [7, 11) is 3.76. The first-order chi connectivity index (χ1) is 8.78. The van der Waals surface area contributed by atoms with E-state index in [2.05, 4.69) is 5.73 Å². The molecular formula is C14H21N2O3+. The summed E-state index contributed by atoms with van der Waals surface area (Å²) in [5.74, 6) is 0.778. The molecule has 0 saturated heterocycles. The van der Waals surface area contributed by atoms with Crippen LogP contribution in [0.25, 0.3) is 0 Å². The maximum atomic E-state index is 11.5. The molecule has 19 heavy (non-hydrogen) atoms. The molecule has 1 amide bonds. The highest BCUT2D eigenvalue weighted by Gasteiger charge is 2.32. The molecule has 1 aliphatic heterocycles. The lowest BCUT2D eigenvalue weighted by Crippen LogP contribution is -2.65. The molecule has 104 valence electrons. The number of benzene rings is 1. The summed E-state index contributed by atoms with van der Waals surface area (Å²) in [6, 6.07) is 5.57. The third-order valence-electron chi connectivity index (χ3n) is 3.14. The number of quaternary nitrogens is 1. The summed E-state index contributed by atoms with van der Waals surface area (Å²) in [6.07, 6.45) is 0.617. The van der Waals surface area contributed by atoms with E-state index in [1.165, 1.54) is 0 Å². The fraction of sp³-hybridized carbons (Fsp3) is 0.500. The lowest BCUT2D eigenvalue weighted by molar-refractivity contribution is -0.311. The van der Waals surface area contributed by atoms with Gasteiger partial charge in [-0.3, -0.25) is 10.6 Å². The molecule has 3 N–H and O–H groups in total. The molecule has 5 nitrogen and oxygen atoms in total. The van der Waals surface area contributed by atoms with Crippen LogP contribution >= 0.6 is 0 Å². The molecular weight excluding hydrogens is 244 g/mol. The first-order valence-corrected chi connectivity index (χ1v) is 6.32. The largest absolute Gasteiger partial charge is 0.449 e. The van der Waals surface area contributed by atoms with Gasteiger partial charge in [0.15, 0.2) is 11.5 Å². The van der Waals surface area contributed by atoms with E-state index in [9.17, 15) is 4.79 Å². The van der Waals surface area contributed by atoms with Crippen LogP contribution in [0.3, 0.4) is 0 Å². The second-order valence-corrected chi connectivity index (χ2v) is 5.53. The smallest absolute Gasteiger partial charge is 0.326 e. The van der Waals surface area contributed by atoms with Gasteiger partial charge in [-0.15, -0.1) is 0 Å². The van der Waals surface area contributed by atoms with Gasteiger partial charge in [0.05, 0.1) is 0 Å². The molecule has 1 aromatic rings. The van der Waals surface area contributed by atoms with Crippen molar-refractivity contribution in [1.82, 2.24) is 4.90 Å². The van der Waals surface area contributed by atoms with Crippen LogP contribution in [0.15, 0.2) is 18.2 Å². The van der Waals surface area contributed by atoms with Crippen molar-refractivity contribution in [2.45, 2.75) is 32.1 Å². The number of likely N-dealkylation sites (N-methyl/N-ethyl adjacent to an activating group) is 1. The van der Waals surface area contributed by atoms with Gasteiger partial charge in [0, 0.05) is 20.3 Å². The van der Waals surface area contributed by atoms with Gasteiger partial charge in [-0.1, -0.05) is 6.07 Å². The number of carbonyl (C=O) groups excluding carboxylic acids is 1. The summed E-state index contributed by atoms with van der Waals surface area (Å²) in [5, 5.41) is 0. The molecule has 0 radical (unpaired) electrons. The highest BCUT2D eigenvalue weighted by molar-refractivity contribution is 5.71. The Kier molecular flexibility index (Phi) is 3.52. The minimum absolute atomic E-state index is 0.0806. The van der Waals surface area contributed by atoms with Crippen molar-refractivity contribution in [2.75, 3.05) is 14.1 Å². The quantitative estimate of drug-likeness (QED) is 0.857. The number of amides is 1. The maximum absolute atomic E-state index is 11.5. The topological polar surface area (TPSA) is 66.4 Å². The fourth-order valence-corrected chi connectivity index (χ4v) is 2.20. The number of ether oxygens (including phenoxy) is 2. The van der Waals surface area contributed by atoms with E-state index >= 15 is 0 Å². The molecule has 0 spiro atoms. The fourth-order valence-electron chi connectivity index (χ4n) is 2.20. The van der Waals surface area contributed by atoms with Gasteiger partial charge in [0.1, 0.15) is 6.04 Å². The molecule has 0 aromatic heterocycles. The highest BCUT2D eigenvalue weighted by atomic mass is 16.7. The van der Waals surface area contributed by atoms with Gasteiger partial charge in [-0.25, -0.2) is 4.79 Å². The lowest BCUT2D eigenvalue weighted by atomic mass is 10.0. The molecule has 1 unspecified atom stereocenters. The van der Waals surface area contributed by atoms with E-state index < -0.39 is 5.79 Å². The first kappa shape index (κ1) is 13.8. The van der Waals surface area contributed by atoms with Gasteiger partial charge in [-0.05, 0) is 31.8 Å². The predicted molar refractivity (Wildman–Crippen MR) is 70.9 cm³/mol. The van der Waals surface area contributed by atoms with Crippen LogP contribution < -0.4 is 15.2 Å². The zero-order valence-corrected chi connectivity index (χ0v) is 11.9. The van der Waals surface area contributed by atoms with Gasteiger partial charge in [0.25, 0.3) is 0 Å². The minimum atomic E-state index is -0.621. The van der Waals surface area contributed by atoms with E-state index in [0.29, 0.717) is 6.42 Å². The summed E-state index contributed by atoms with van der Waals surface area (Å²) < 4.78 is 11.3. The Balaban J connectivity index is 2.18. The Hall–Kier alpha value is -1.59. The molecule has 2 rings (SSSR count). The number of carbonyl (C=O) groups is 1. The number of nitrogens with zero attached hydrogens (tertiary/aromatic N) is 1. The molecule has 0 saturated carbocycles. The molecule has 0 fully saturated rings. The van der Waals surface area contributed by atoms with Crippen LogP contribution in [0, 0.1) is 0 Å². The number of rotatable bonds is 4. The summed E-state index contributed by atoms with van der Waals surface area (Å²) in [5.41, 5.74) is 4.55. The highest BCUT2D eigenvalue weighted by Crippen LogP contribution is 2.39. The number of hydrogen-bond acceptors (Lipinski definition) is 4. The Labute approximate surface area is 113 Å². The van der Waals surface area contributed by atoms with Crippen molar-refractivity contribution in [3.63, 3.8) is 0 Å². The minimum Gasteiger partial charge on any atom is -0.449 e. The van der Waals surface area contributed by atoms with Crippen molar-refractivity contribution >= 4 is 5.91 Å². The third kappa shape index (κ3) is 3.05. The van der Waals surface area contributed by atoms with E-state index in [-0.39, 0.29) is 11.9 Å². The van der Waals surface area contributed by atoms with Gasteiger partial charge in [0.2, 0.25) is 5.79 Å². The maximum Gasteiger partial charge on any atom is 0.326 e. The van der Waals surface area contributed by atoms with Crippen molar-refractivity contribution in [3.8, 4) is 11.5 Å². The molecule has 1 heterocycles. The average molecular weight is 265 g/mol. The van der Waals surface area contributed by atoms with Crippen molar-refractivity contribution in [2.24, 2.45) is 0 Å². The van der Waals surface area contributed by atoms with Crippen LogP contribution in [0.4, 0.5) is 0 Å². The summed E-state index contributed by atoms with van der Waals surface area (Å²) in [6.45, 7) is 3.74. The standard InChI is InChI=1S/C14H20N2O3/c1-14(2)18-11-6-5-9(8-12(11)19-14)7-10(13(15)17)16(3)4/h5-6,8,10H,7H2,1-4H3,(H2,15,17)/p+1. The monoisotopic (exact) mass is 265 g/mol. The van der Waals surface area contributed by atoms with Crippen molar-refractivity contribution < 1.29 is 20.0 Å². The molecule has 1 aliphatic rings. The van der Waals surface area contributed by atoms with Crippen LogP contribution in [0.2, 0.25) is 0 Å².